The molecule has 4 nitrogen and oxygen atoms in total. The van der Waals surface area contributed by atoms with Crippen LogP contribution in [0.1, 0.15) is 5.89 Å². The van der Waals surface area contributed by atoms with Gasteiger partial charge in [-0.1, -0.05) is 23.7 Å². The summed E-state index contributed by atoms with van der Waals surface area (Å²) in [4.78, 5) is 0. The molecule has 3 rings (SSSR count). The first-order valence-electron chi connectivity index (χ1n) is 6.18. The number of hydrogen-bond donors (Lipinski definition) is 0. The number of benzene rings is 2. The van der Waals surface area contributed by atoms with E-state index < -0.39 is 0 Å². The minimum atomic E-state index is -0.319. The SMILES string of the molecule is Fc1ccc(-c2nnc(COc3ccccc3Cl)o2)cc1. The van der Waals surface area contributed by atoms with Gasteiger partial charge in [0.15, 0.2) is 6.61 Å². The summed E-state index contributed by atoms with van der Waals surface area (Å²) in [5, 5.41) is 8.29. The van der Waals surface area contributed by atoms with E-state index in [1.165, 1.54) is 12.1 Å². The molecule has 0 unspecified atom stereocenters. The summed E-state index contributed by atoms with van der Waals surface area (Å²) in [6, 6.07) is 12.9. The first-order valence-corrected chi connectivity index (χ1v) is 6.56. The number of rotatable bonds is 4. The van der Waals surface area contributed by atoms with Crippen molar-refractivity contribution in [1.29, 1.82) is 0 Å². The molecular weight excluding hydrogens is 295 g/mol. The lowest BCUT2D eigenvalue weighted by Gasteiger charge is -2.04. The summed E-state index contributed by atoms with van der Waals surface area (Å²) >= 11 is 5.98. The van der Waals surface area contributed by atoms with Crippen LogP contribution in [-0.4, -0.2) is 10.2 Å². The summed E-state index contributed by atoms with van der Waals surface area (Å²) < 4.78 is 23.8. The van der Waals surface area contributed by atoms with Crippen molar-refractivity contribution in [2.75, 3.05) is 0 Å². The van der Waals surface area contributed by atoms with Gasteiger partial charge in [0.05, 0.1) is 5.02 Å². The van der Waals surface area contributed by atoms with E-state index in [1.54, 1.807) is 24.3 Å². The van der Waals surface area contributed by atoms with Gasteiger partial charge in [-0.25, -0.2) is 4.39 Å². The van der Waals surface area contributed by atoms with Crippen molar-refractivity contribution in [3.8, 4) is 17.2 Å². The van der Waals surface area contributed by atoms with Crippen molar-refractivity contribution in [3.05, 3.63) is 65.3 Å². The molecule has 0 atom stereocenters. The molecule has 0 radical (unpaired) electrons. The summed E-state index contributed by atoms with van der Waals surface area (Å²) in [6.07, 6.45) is 0. The molecule has 0 aliphatic rings. The Morgan fingerprint density at radius 3 is 2.57 bits per heavy atom. The average molecular weight is 305 g/mol. The van der Waals surface area contributed by atoms with Crippen LogP contribution in [0.25, 0.3) is 11.5 Å². The standard InChI is InChI=1S/C15H10ClFN2O2/c16-12-3-1-2-4-13(12)20-9-14-18-19-15(21-14)10-5-7-11(17)8-6-10/h1-8H,9H2. The maximum atomic E-state index is 12.9. The Bertz CT molecular complexity index is 743. The quantitative estimate of drug-likeness (QED) is 0.728. The van der Waals surface area contributed by atoms with Gasteiger partial charge in [-0.2, -0.15) is 0 Å². The Hall–Kier alpha value is -2.40. The molecule has 0 aliphatic carbocycles. The van der Waals surface area contributed by atoms with Crippen molar-refractivity contribution >= 4 is 11.6 Å². The number of nitrogens with zero attached hydrogens (tertiary/aromatic N) is 2. The Kier molecular flexibility index (Phi) is 3.83. The molecule has 0 fully saturated rings. The Labute approximate surface area is 125 Å². The molecular formula is C15H10ClFN2O2. The van der Waals surface area contributed by atoms with Crippen LogP contribution in [-0.2, 0) is 6.61 Å². The van der Waals surface area contributed by atoms with Crippen molar-refractivity contribution < 1.29 is 13.5 Å². The van der Waals surface area contributed by atoms with Crippen molar-refractivity contribution in [3.63, 3.8) is 0 Å². The molecule has 0 aliphatic heterocycles. The molecule has 106 valence electrons. The first kappa shape index (κ1) is 13.6. The molecule has 0 bridgehead atoms. The summed E-state index contributed by atoms with van der Waals surface area (Å²) in [7, 11) is 0. The van der Waals surface area contributed by atoms with Crippen LogP contribution in [0.2, 0.25) is 5.02 Å². The van der Waals surface area contributed by atoms with Crippen LogP contribution >= 0.6 is 11.6 Å². The fraction of sp³-hybridized carbons (Fsp3) is 0.0667. The average Bonchev–Trinajstić information content (AvgIpc) is 2.96. The van der Waals surface area contributed by atoms with Crippen LogP contribution in [0, 0.1) is 5.82 Å². The normalized spacial score (nSPS) is 10.6. The van der Waals surface area contributed by atoms with E-state index in [4.69, 9.17) is 20.8 Å². The Morgan fingerprint density at radius 2 is 1.81 bits per heavy atom. The smallest absolute Gasteiger partial charge is 0.254 e. The topological polar surface area (TPSA) is 48.2 Å². The van der Waals surface area contributed by atoms with Gasteiger partial charge in [0.2, 0.25) is 5.89 Å². The lowest BCUT2D eigenvalue weighted by molar-refractivity contribution is 0.264. The molecule has 0 spiro atoms. The summed E-state index contributed by atoms with van der Waals surface area (Å²) in [6.45, 7) is 0.109. The van der Waals surface area contributed by atoms with Gasteiger partial charge in [-0.05, 0) is 36.4 Å². The van der Waals surface area contributed by atoms with Crippen LogP contribution in [0.3, 0.4) is 0 Å². The zero-order valence-corrected chi connectivity index (χ0v) is 11.5. The van der Waals surface area contributed by atoms with Gasteiger partial charge >= 0.3 is 0 Å². The third-order valence-electron chi connectivity index (χ3n) is 2.75. The number of halogens is 2. The molecule has 0 N–H and O–H groups in total. The lowest BCUT2D eigenvalue weighted by atomic mass is 10.2. The molecule has 0 amide bonds. The van der Waals surface area contributed by atoms with Gasteiger partial charge in [0, 0.05) is 5.56 Å². The monoisotopic (exact) mass is 304 g/mol. The molecule has 1 aromatic heterocycles. The van der Waals surface area contributed by atoms with Crippen LogP contribution in [0.5, 0.6) is 5.75 Å². The zero-order chi connectivity index (χ0) is 14.7. The highest BCUT2D eigenvalue weighted by molar-refractivity contribution is 6.32. The highest BCUT2D eigenvalue weighted by Gasteiger charge is 2.10. The number of ether oxygens (including phenoxy) is 1. The van der Waals surface area contributed by atoms with Crippen LogP contribution in [0.4, 0.5) is 4.39 Å². The van der Waals surface area contributed by atoms with Crippen LogP contribution in [0.15, 0.2) is 52.9 Å². The first-order chi connectivity index (χ1) is 10.2. The second-order valence-corrected chi connectivity index (χ2v) is 4.63. The van der Waals surface area contributed by atoms with E-state index in [-0.39, 0.29) is 12.4 Å². The second kappa shape index (κ2) is 5.93. The minimum absolute atomic E-state index is 0.109. The van der Waals surface area contributed by atoms with Gasteiger partial charge in [0.25, 0.3) is 5.89 Å². The second-order valence-electron chi connectivity index (χ2n) is 4.23. The fourth-order valence-electron chi connectivity index (χ4n) is 1.72. The largest absolute Gasteiger partial charge is 0.482 e. The fourth-order valence-corrected chi connectivity index (χ4v) is 1.91. The predicted octanol–water partition coefficient (Wildman–Crippen LogP) is 4.11. The zero-order valence-electron chi connectivity index (χ0n) is 10.8. The number of para-hydroxylation sites is 1. The summed E-state index contributed by atoms with van der Waals surface area (Å²) in [5.41, 5.74) is 0.646. The van der Waals surface area contributed by atoms with Crippen LogP contribution < -0.4 is 4.74 Å². The summed E-state index contributed by atoms with van der Waals surface area (Å²) in [5.74, 6) is 0.850. The van der Waals surface area contributed by atoms with Crippen molar-refractivity contribution in [1.82, 2.24) is 10.2 Å². The van der Waals surface area contributed by atoms with E-state index in [2.05, 4.69) is 10.2 Å². The van der Waals surface area contributed by atoms with E-state index in [0.717, 1.165) is 0 Å². The molecule has 3 aromatic rings. The maximum Gasteiger partial charge on any atom is 0.254 e. The molecule has 1 heterocycles. The Morgan fingerprint density at radius 1 is 1.05 bits per heavy atom. The molecule has 0 saturated heterocycles. The van der Waals surface area contributed by atoms with Gasteiger partial charge in [-0.3, -0.25) is 0 Å². The van der Waals surface area contributed by atoms with Gasteiger partial charge in [0.1, 0.15) is 11.6 Å². The van der Waals surface area contributed by atoms with E-state index >= 15 is 0 Å². The van der Waals surface area contributed by atoms with Crippen molar-refractivity contribution in [2.45, 2.75) is 6.61 Å². The van der Waals surface area contributed by atoms with Gasteiger partial charge < -0.3 is 9.15 Å². The molecule has 0 saturated carbocycles. The third-order valence-corrected chi connectivity index (χ3v) is 3.06. The highest BCUT2D eigenvalue weighted by Crippen LogP contribution is 2.24. The van der Waals surface area contributed by atoms with E-state index in [0.29, 0.717) is 28.1 Å². The molecule has 21 heavy (non-hydrogen) atoms. The lowest BCUT2D eigenvalue weighted by Crippen LogP contribution is -1.95. The highest BCUT2D eigenvalue weighted by atomic mass is 35.5. The third kappa shape index (κ3) is 3.20. The van der Waals surface area contributed by atoms with E-state index in [9.17, 15) is 4.39 Å². The number of hydrogen-bond acceptors (Lipinski definition) is 4. The van der Waals surface area contributed by atoms with E-state index in [1.807, 2.05) is 12.1 Å². The minimum Gasteiger partial charge on any atom is -0.482 e. The Balaban J connectivity index is 1.71. The molecule has 2 aromatic carbocycles. The van der Waals surface area contributed by atoms with Crippen molar-refractivity contribution in [2.24, 2.45) is 0 Å². The predicted molar refractivity (Wildman–Crippen MR) is 75.5 cm³/mol. The molecule has 6 heteroatoms. The number of aromatic nitrogens is 2. The maximum absolute atomic E-state index is 12.9. The van der Waals surface area contributed by atoms with Gasteiger partial charge in [-0.15, -0.1) is 10.2 Å².